The van der Waals surface area contributed by atoms with Crippen molar-refractivity contribution in [3.8, 4) is 22.9 Å². The second kappa shape index (κ2) is 11.4. The zero-order chi connectivity index (χ0) is 37.2. The maximum atomic E-state index is 6.37. The monoisotopic (exact) mass is 726 g/mol. The Morgan fingerprint density at radius 3 is 1.95 bits per heavy atom. The molecule has 13 aromatic rings. The van der Waals surface area contributed by atoms with Crippen LogP contribution in [-0.2, 0) is 0 Å². The van der Waals surface area contributed by atoms with E-state index in [1.165, 1.54) is 38.0 Å². The fourth-order valence-corrected chi connectivity index (χ4v) is 9.39. The van der Waals surface area contributed by atoms with Gasteiger partial charge in [-0.05, 0) is 82.2 Å². The van der Waals surface area contributed by atoms with E-state index in [9.17, 15) is 0 Å². The van der Waals surface area contributed by atoms with E-state index in [1.807, 2.05) is 12.1 Å². The van der Waals surface area contributed by atoms with Crippen LogP contribution in [0.5, 0.6) is 0 Å². The van der Waals surface area contributed by atoms with Gasteiger partial charge in [0.2, 0.25) is 5.95 Å². The minimum atomic E-state index is 0.619. The molecule has 5 heteroatoms. The van der Waals surface area contributed by atoms with Gasteiger partial charge in [0.25, 0.3) is 0 Å². The van der Waals surface area contributed by atoms with Crippen LogP contribution >= 0.6 is 0 Å². The highest BCUT2D eigenvalue weighted by atomic mass is 16.3. The van der Waals surface area contributed by atoms with Crippen molar-refractivity contribution in [3.63, 3.8) is 0 Å². The molecule has 9 aromatic carbocycles. The minimum Gasteiger partial charge on any atom is -0.456 e. The molecule has 0 aliphatic rings. The van der Waals surface area contributed by atoms with Crippen molar-refractivity contribution in [3.05, 3.63) is 182 Å². The smallest absolute Gasteiger partial charge is 0.235 e. The molecule has 0 saturated heterocycles. The van der Waals surface area contributed by atoms with Crippen molar-refractivity contribution < 1.29 is 4.42 Å². The summed E-state index contributed by atoms with van der Waals surface area (Å²) in [6.07, 6.45) is 0. The predicted octanol–water partition coefficient (Wildman–Crippen LogP) is 13.7. The first-order valence-corrected chi connectivity index (χ1v) is 19.3. The molecule has 0 aliphatic heterocycles. The molecule has 0 amide bonds. The van der Waals surface area contributed by atoms with Gasteiger partial charge < -0.3 is 8.98 Å². The van der Waals surface area contributed by atoms with E-state index >= 15 is 0 Å². The Labute approximate surface area is 325 Å². The summed E-state index contributed by atoms with van der Waals surface area (Å²) in [5, 5.41) is 12.8. The average molecular weight is 727 g/mol. The minimum absolute atomic E-state index is 0.619. The summed E-state index contributed by atoms with van der Waals surface area (Å²) < 4.78 is 11.1. The third kappa shape index (κ3) is 4.28. The van der Waals surface area contributed by atoms with Crippen LogP contribution in [-0.4, -0.2) is 19.1 Å². The van der Waals surface area contributed by atoms with Crippen LogP contribution in [0.25, 0.3) is 121 Å². The standard InChI is InChI=1S/C52H30N4O/c1-2-14-33-29-46-40(28-32(33)13-1)50-43(55-42-20-9-6-18-39(42)49-35-15-4-3-12-31(35)25-27-45(49)55)21-11-22-44(50)56(46)52-53-41-19-8-5-17-38(41)51(54-52)34-24-26-37-36-16-7-10-23-47(36)57-48(37)30-34/h1-30H. The first kappa shape index (κ1) is 30.6. The quantitative estimate of drug-likeness (QED) is 0.182. The molecule has 0 N–H and O–H groups in total. The lowest BCUT2D eigenvalue weighted by atomic mass is 10.0. The van der Waals surface area contributed by atoms with Crippen molar-refractivity contribution >= 4 is 98.0 Å². The topological polar surface area (TPSA) is 48.8 Å². The fourth-order valence-electron chi connectivity index (χ4n) is 9.39. The summed E-state index contributed by atoms with van der Waals surface area (Å²) in [6, 6.07) is 64.9. The molecule has 0 bridgehead atoms. The van der Waals surface area contributed by atoms with Gasteiger partial charge in [0.1, 0.15) is 11.2 Å². The molecular formula is C52H30N4O. The van der Waals surface area contributed by atoms with Gasteiger partial charge in [0.05, 0.1) is 39.0 Å². The van der Waals surface area contributed by atoms with Gasteiger partial charge in [-0.2, -0.15) is 0 Å². The molecule has 57 heavy (non-hydrogen) atoms. The third-order valence-corrected chi connectivity index (χ3v) is 11.9. The van der Waals surface area contributed by atoms with Crippen molar-refractivity contribution in [1.29, 1.82) is 0 Å². The molecule has 0 radical (unpaired) electrons. The average Bonchev–Trinajstić information content (AvgIpc) is 3.92. The van der Waals surface area contributed by atoms with Gasteiger partial charge in [-0.15, -0.1) is 0 Å². The zero-order valence-electron chi connectivity index (χ0n) is 30.5. The predicted molar refractivity (Wildman–Crippen MR) is 236 cm³/mol. The molecule has 4 aromatic heterocycles. The summed E-state index contributed by atoms with van der Waals surface area (Å²) in [4.78, 5) is 10.8. The Kier molecular flexibility index (Phi) is 6.10. The Morgan fingerprint density at radius 2 is 1.05 bits per heavy atom. The fraction of sp³-hybridized carbons (Fsp3) is 0. The number of fused-ring (bicyclic) bond motifs is 13. The van der Waals surface area contributed by atoms with Crippen LogP contribution < -0.4 is 0 Å². The van der Waals surface area contributed by atoms with Crippen molar-refractivity contribution in [1.82, 2.24) is 19.1 Å². The first-order chi connectivity index (χ1) is 28.3. The Bertz CT molecular complexity index is 3830. The number of furan rings is 1. The lowest BCUT2D eigenvalue weighted by molar-refractivity contribution is 0.669. The number of nitrogens with zero attached hydrogens (tertiary/aromatic N) is 4. The number of aromatic nitrogens is 4. The molecule has 0 atom stereocenters. The molecule has 13 rings (SSSR count). The lowest BCUT2D eigenvalue weighted by Crippen LogP contribution is -2.03. The highest BCUT2D eigenvalue weighted by Gasteiger charge is 2.23. The van der Waals surface area contributed by atoms with Gasteiger partial charge in [0, 0.05) is 43.3 Å². The number of hydrogen-bond donors (Lipinski definition) is 0. The molecule has 4 heterocycles. The van der Waals surface area contributed by atoms with Crippen LogP contribution in [0.2, 0.25) is 0 Å². The molecule has 0 fully saturated rings. The van der Waals surface area contributed by atoms with Crippen molar-refractivity contribution in [2.75, 3.05) is 0 Å². The second-order valence-electron chi connectivity index (χ2n) is 15.0. The van der Waals surface area contributed by atoms with E-state index in [0.29, 0.717) is 5.95 Å². The maximum absolute atomic E-state index is 6.37. The molecule has 0 spiro atoms. The molecular weight excluding hydrogens is 697 g/mol. The van der Waals surface area contributed by atoms with Gasteiger partial charge in [-0.1, -0.05) is 121 Å². The molecule has 0 aliphatic carbocycles. The SMILES string of the molecule is c1ccc2cc3c(cc2c1)c1c(-n2c4ccccc4c4c5ccccc5ccc42)cccc1n3-c1nc(-c2ccc3c(c2)oc2ccccc23)c2ccccc2n1. The van der Waals surface area contributed by atoms with Gasteiger partial charge in [-0.3, -0.25) is 4.57 Å². The number of benzene rings is 9. The van der Waals surface area contributed by atoms with Crippen molar-refractivity contribution in [2.24, 2.45) is 0 Å². The zero-order valence-corrected chi connectivity index (χ0v) is 30.5. The van der Waals surface area contributed by atoms with E-state index in [-0.39, 0.29) is 0 Å². The normalized spacial score (nSPS) is 12.2. The Hall–Kier alpha value is -7.76. The second-order valence-corrected chi connectivity index (χ2v) is 15.0. The Balaban J connectivity index is 1.14. The van der Waals surface area contributed by atoms with Gasteiger partial charge >= 0.3 is 0 Å². The molecule has 0 unspecified atom stereocenters. The van der Waals surface area contributed by atoms with E-state index in [4.69, 9.17) is 14.4 Å². The summed E-state index contributed by atoms with van der Waals surface area (Å²) in [7, 11) is 0. The van der Waals surface area contributed by atoms with Crippen molar-refractivity contribution in [2.45, 2.75) is 0 Å². The van der Waals surface area contributed by atoms with Crippen LogP contribution in [0.3, 0.4) is 0 Å². The summed E-state index contributed by atoms with van der Waals surface area (Å²) in [5.74, 6) is 0.619. The van der Waals surface area contributed by atoms with E-state index in [2.05, 4.69) is 179 Å². The first-order valence-electron chi connectivity index (χ1n) is 19.3. The van der Waals surface area contributed by atoms with Crippen LogP contribution in [0.15, 0.2) is 186 Å². The lowest BCUT2D eigenvalue weighted by Gasteiger charge is -2.13. The molecule has 5 nitrogen and oxygen atoms in total. The van der Waals surface area contributed by atoms with Crippen LogP contribution in [0.1, 0.15) is 0 Å². The molecule has 0 saturated carbocycles. The van der Waals surface area contributed by atoms with Gasteiger partial charge in [-0.25, -0.2) is 9.97 Å². The Morgan fingerprint density at radius 1 is 0.368 bits per heavy atom. The highest BCUT2D eigenvalue weighted by Crippen LogP contribution is 2.43. The van der Waals surface area contributed by atoms with E-state index in [0.717, 1.165) is 77.0 Å². The maximum Gasteiger partial charge on any atom is 0.235 e. The summed E-state index contributed by atoms with van der Waals surface area (Å²) in [6.45, 7) is 0. The highest BCUT2D eigenvalue weighted by molar-refractivity contribution is 6.23. The summed E-state index contributed by atoms with van der Waals surface area (Å²) in [5.41, 5.74) is 9.98. The number of hydrogen-bond acceptors (Lipinski definition) is 3. The van der Waals surface area contributed by atoms with Crippen LogP contribution in [0, 0.1) is 0 Å². The number of rotatable bonds is 3. The largest absolute Gasteiger partial charge is 0.456 e. The van der Waals surface area contributed by atoms with Crippen LogP contribution in [0.4, 0.5) is 0 Å². The summed E-state index contributed by atoms with van der Waals surface area (Å²) >= 11 is 0. The van der Waals surface area contributed by atoms with Gasteiger partial charge in [0.15, 0.2) is 0 Å². The molecule has 264 valence electrons. The third-order valence-electron chi connectivity index (χ3n) is 11.9. The number of para-hydroxylation sites is 3. The van der Waals surface area contributed by atoms with E-state index in [1.54, 1.807) is 0 Å². The van der Waals surface area contributed by atoms with E-state index < -0.39 is 0 Å².